The van der Waals surface area contributed by atoms with Crippen LogP contribution in [-0.2, 0) is 4.79 Å². The van der Waals surface area contributed by atoms with E-state index in [1.807, 2.05) is 0 Å². The average Bonchev–Trinajstić information content (AvgIpc) is 3.09. The summed E-state index contributed by atoms with van der Waals surface area (Å²) in [5, 5.41) is 8.56. The van der Waals surface area contributed by atoms with Gasteiger partial charge < -0.3 is 5.11 Å². The molecule has 0 aliphatic heterocycles. The van der Waals surface area contributed by atoms with Crippen molar-refractivity contribution in [1.82, 2.24) is 4.90 Å². The Hall–Kier alpha value is -1.95. The van der Waals surface area contributed by atoms with E-state index in [9.17, 15) is 18.4 Å². The summed E-state index contributed by atoms with van der Waals surface area (Å²) in [5.41, 5.74) is -0.616. The van der Waals surface area contributed by atoms with Crippen LogP contribution in [0.25, 0.3) is 0 Å². The molecule has 0 aromatic heterocycles. The molecular weight excluding hydrogens is 292 g/mol. The Morgan fingerprint density at radius 2 is 1.95 bits per heavy atom. The number of hydrogen-bond acceptors (Lipinski definition) is 2. The summed E-state index contributed by atoms with van der Waals surface area (Å²) < 4.78 is 26.0. The highest BCUT2D eigenvalue weighted by Crippen LogP contribution is 2.36. The summed E-state index contributed by atoms with van der Waals surface area (Å²) in [5.74, 6) is -4.43. The Balaban J connectivity index is 2.33. The van der Waals surface area contributed by atoms with E-state index in [0.29, 0.717) is 12.5 Å². The van der Waals surface area contributed by atoms with Crippen molar-refractivity contribution >= 4 is 23.5 Å². The molecule has 1 aromatic rings. The minimum atomic E-state index is -1.38. The van der Waals surface area contributed by atoms with E-state index in [0.717, 1.165) is 17.0 Å². The first-order valence-electron chi connectivity index (χ1n) is 5.67. The molecule has 0 spiro atoms. The van der Waals surface area contributed by atoms with Crippen LogP contribution >= 0.6 is 11.6 Å². The highest BCUT2D eigenvalue weighted by atomic mass is 35.5. The third-order valence-corrected chi connectivity index (χ3v) is 3.40. The van der Waals surface area contributed by atoms with Crippen LogP contribution in [0.3, 0.4) is 0 Å². The van der Waals surface area contributed by atoms with E-state index in [1.54, 1.807) is 0 Å². The van der Waals surface area contributed by atoms with E-state index in [2.05, 4.69) is 6.58 Å². The zero-order valence-corrected chi connectivity index (χ0v) is 10.9. The van der Waals surface area contributed by atoms with Crippen molar-refractivity contribution < 1.29 is 23.5 Å². The van der Waals surface area contributed by atoms with Gasteiger partial charge >= 0.3 is 5.97 Å². The lowest BCUT2D eigenvalue weighted by atomic mass is 10.1. The molecule has 2 unspecified atom stereocenters. The van der Waals surface area contributed by atoms with Crippen molar-refractivity contribution in [2.24, 2.45) is 0 Å². The quantitative estimate of drug-likeness (QED) is 0.686. The van der Waals surface area contributed by atoms with Gasteiger partial charge in [-0.25, -0.2) is 13.6 Å². The molecule has 0 radical (unpaired) electrons. The second-order valence-corrected chi connectivity index (χ2v) is 4.94. The third kappa shape index (κ3) is 2.65. The normalized spacial score (nSPS) is 20.4. The van der Waals surface area contributed by atoms with Crippen LogP contribution < -0.4 is 0 Å². The number of carbonyl (C=O) groups is 2. The average molecular weight is 302 g/mol. The highest BCUT2D eigenvalue weighted by molar-refractivity contribution is 6.23. The summed E-state index contributed by atoms with van der Waals surface area (Å²) in [6.07, 6.45) is 0.420. The molecule has 4 nitrogen and oxygen atoms in total. The molecule has 0 bridgehead atoms. The second kappa shape index (κ2) is 5.20. The lowest BCUT2D eigenvalue weighted by Gasteiger charge is -2.22. The van der Waals surface area contributed by atoms with Crippen LogP contribution in [0.5, 0.6) is 0 Å². The largest absolute Gasteiger partial charge is 0.477 e. The van der Waals surface area contributed by atoms with E-state index >= 15 is 0 Å². The first-order valence-corrected chi connectivity index (χ1v) is 6.11. The van der Waals surface area contributed by atoms with Gasteiger partial charge in [0.05, 0.1) is 11.4 Å². The number of hydrogen-bond donors (Lipinski definition) is 1. The van der Waals surface area contributed by atoms with E-state index in [1.165, 1.54) is 0 Å². The van der Waals surface area contributed by atoms with Gasteiger partial charge in [0, 0.05) is 5.56 Å². The highest BCUT2D eigenvalue weighted by Gasteiger charge is 2.45. The molecule has 20 heavy (non-hydrogen) atoms. The molecule has 106 valence electrons. The summed E-state index contributed by atoms with van der Waals surface area (Å²) in [6.45, 7) is 3.32. The Labute approximate surface area is 118 Å². The van der Waals surface area contributed by atoms with Crippen molar-refractivity contribution in [2.45, 2.75) is 17.8 Å². The third-order valence-electron chi connectivity index (χ3n) is 2.94. The monoisotopic (exact) mass is 301 g/mol. The van der Waals surface area contributed by atoms with Gasteiger partial charge in [0.25, 0.3) is 5.91 Å². The first kappa shape index (κ1) is 14.5. The second-order valence-electron chi connectivity index (χ2n) is 4.37. The number of aliphatic carboxylic acids is 1. The Kier molecular flexibility index (Phi) is 3.76. The predicted octanol–water partition coefficient (Wildman–Crippen LogP) is 2.39. The minimum absolute atomic E-state index is 0.165. The standard InChI is InChI=1S/C13H10ClF2NO3/c1-6(13(19)20)17(11-5-8(11)14)12(18)7-2-3-9(15)10(16)4-7/h2-4,8,11H,1,5H2,(H,19,20). The number of halogens is 3. The van der Waals surface area contributed by atoms with Crippen molar-refractivity contribution in [2.75, 3.05) is 0 Å². The van der Waals surface area contributed by atoms with E-state index in [4.69, 9.17) is 16.7 Å². The Bertz CT molecular complexity index is 605. The van der Waals surface area contributed by atoms with Crippen LogP contribution in [0.15, 0.2) is 30.5 Å². The molecule has 1 amide bonds. The van der Waals surface area contributed by atoms with E-state index in [-0.39, 0.29) is 10.9 Å². The van der Waals surface area contributed by atoms with Crippen molar-refractivity contribution in [1.29, 1.82) is 0 Å². The van der Waals surface area contributed by atoms with Crippen LogP contribution in [0.2, 0.25) is 0 Å². The number of carboxylic acids is 1. The van der Waals surface area contributed by atoms with Crippen LogP contribution in [-0.4, -0.2) is 33.3 Å². The fraction of sp³-hybridized carbons (Fsp3) is 0.231. The maximum atomic E-state index is 13.1. The number of carbonyl (C=O) groups excluding carboxylic acids is 1. The molecular formula is C13H10ClF2NO3. The van der Waals surface area contributed by atoms with Crippen LogP contribution in [0.1, 0.15) is 16.8 Å². The van der Waals surface area contributed by atoms with Crippen LogP contribution in [0, 0.1) is 11.6 Å². The van der Waals surface area contributed by atoms with Gasteiger partial charge in [0.2, 0.25) is 0 Å². The zero-order chi connectivity index (χ0) is 15.0. The molecule has 1 fully saturated rings. The van der Waals surface area contributed by atoms with Gasteiger partial charge in [-0.3, -0.25) is 9.69 Å². The summed E-state index contributed by atoms with van der Waals surface area (Å²) >= 11 is 5.82. The van der Waals surface area contributed by atoms with Crippen molar-refractivity contribution in [3.8, 4) is 0 Å². The molecule has 1 saturated carbocycles. The zero-order valence-electron chi connectivity index (χ0n) is 10.1. The predicted molar refractivity (Wildman–Crippen MR) is 67.3 cm³/mol. The van der Waals surface area contributed by atoms with Gasteiger partial charge in [-0.05, 0) is 24.6 Å². The number of benzene rings is 1. The number of alkyl halides is 1. The Morgan fingerprint density at radius 3 is 2.40 bits per heavy atom. The van der Waals surface area contributed by atoms with Gasteiger partial charge in [0.15, 0.2) is 11.6 Å². The maximum absolute atomic E-state index is 13.1. The van der Waals surface area contributed by atoms with Crippen molar-refractivity contribution in [3.63, 3.8) is 0 Å². The molecule has 1 N–H and O–H groups in total. The Morgan fingerprint density at radius 1 is 1.35 bits per heavy atom. The first-order chi connectivity index (χ1) is 9.32. The summed E-state index contributed by atoms with van der Waals surface area (Å²) in [4.78, 5) is 24.1. The molecule has 1 aliphatic carbocycles. The number of amides is 1. The summed E-state index contributed by atoms with van der Waals surface area (Å²) in [7, 11) is 0. The maximum Gasteiger partial charge on any atom is 0.351 e. The molecule has 0 saturated heterocycles. The number of rotatable bonds is 4. The van der Waals surface area contributed by atoms with E-state index < -0.39 is 35.2 Å². The van der Waals surface area contributed by atoms with Gasteiger partial charge in [0.1, 0.15) is 5.70 Å². The topological polar surface area (TPSA) is 57.6 Å². The van der Waals surface area contributed by atoms with Crippen LogP contribution in [0.4, 0.5) is 8.78 Å². The van der Waals surface area contributed by atoms with Gasteiger partial charge in [-0.15, -0.1) is 11.6 Å². The lowest BCUT2D eigenvalue weighted by Crippen LogP contribution is -2.36. The summed E-state index contributed by atoms with van der Waals surface area (Å²) in [6, 6.07) is 2.09. The molecule has 1 aliphatic rings. The fourth-order valence-corrected chi connectivity index (χ4v) is 2.06. The smallest absolute Gasteiger partial charge is 0.351 e. The van der Waals surface area contributed by atoms with Crippen molar-refractivity contribution in [3.05, 3.63) is 47.7 Å². The fourth-order valence-electron chi connectivity index (χ4n) is 1.76. The minimum Gasteiger partial charge on any atom is -0.477 e. The lowest BCUT2D eigenvalue weighted by molar-refractivity contribution is -0.134. The molecule has 2 atom stereocenters. The molecule has 1 aromatic carbocycles. The molecule has 2 rings (SSSR count). The molecule has 7 heteroatoms. The number of nitrogens with zero attached hydrogens (tertiary/aromatic N) is 1. The number of carboxylic acid groups (broad SMARTS) is 1. The van der Waals surface area contributed by atoms with Gasteiger partial charge in [-0.1, -0.05) is 6.58 Å². The SMILES string of the molecule is C=C(C(=O)O)N(C(=O)c1ccc(F)c(F)c1)C1CC1Cl. The molecule has 0 heterocycles. The van der Waals surface area contributed by atoms with Gasteiger partial charge in [-0.2, -0.15) is 0 Å².